The first-order chi connectivity index (χ1) is 17.4. The van der Waals surface area contributed by atoms with Crippen LogP contribution in [0.5, 0.6) is 0 Å². The topological polar surface area (TPSA) is 170 Å². The van der Waals surface area contributed by atoms with Gasteiger partial charge in [-0.15, -0.1) is 0 Å². The zero-order chi connectivity index (χ0) is 32.9. The Balaban J connectivity index is 0. The Kier molecular flexibility index (Phi) is 13.3. The van der Waals surface area contributed by atoms with Crippen molar-refractivity contribution in [2.24, 2.45) is 0 Å². The van der Waals surface area contributed by atoms with Crippen LogP contribution in [0.2, 0.25) is 0 Å². The van der Waals surface area contributed by atoms with Crippen molar-refractivity contribution in [3.63, 3.8) is 0 Å². The highest BCUT2D eigenvalue weighted by Gasteiger charge is 2.37. The number of benzene rings is 2. The van der Waals surface area contributed by atoms with E-state index >= 15 is 0 Å². The Morgan fingerprint density at radius 2 is 0.500 bits per heavy atom. The first-order valence-corrected chi connectivity index (χ1v) is 11.0. The van der Waals surface area contributed by atoms with Gasteiger partial charge in [-0.25, -0.2) is 43.2 Å². The largest absolute Gasteiger partial charge is 0.741 e. The normalized spacial score (nSPS) is 11.9. The molecule has 0 fully saturated rings. The second-order valence-corrected chi connectivity index (χ2v) is 8.64. The van der Waals surface area contributed by atoms with Crippen LogP contribution in [0.15, 0.2) is 0 Å². The molecule has 0 saturated heterocycles. The van der Waals surface area contributed by atoms with Gasteiger partial charge in [-0.3, -0.25) is 0 Å². The van der Waals surface area contributed by atoms with Crippen LogP contribution in [0.1, 0.15) is 0 Å². The molecule has 0 unspecified atom stereocenters. The minimum Gasteiger partial charge on any atom is -0.741 e. The minimum absolute atomic E-state index is 1.12. The predicted octanol–water partition coefficient (Wildman–Crippen LogP) is 2.61. The summed E-state index contributed by atoms with van der Waals surface area (Å²) >= 11 is 0. The first kappa shape index (κ1) is 39.2. The van der Waals surface area contributed by atoms with Crippen LogP contribution in [0.4, 0.5) is 81.6 Å². The van der Waals surface area contributed by atoms with Gasteiger partial charge < -0.3 is 20.6 Å². The molecule has 0 aliphatic rings. The van der Waals surface area contributed by atoms with Crippen molar-refractivity contribution in [1.29, 1.82) is 0 Å². The van der Waals surface area contributed by atoms with Crippen LogP contribution in [0.25, 0.3) is 0 Å². The molecule has 0 amide bonds. The fourth-order valence-corrected chi connectivity index (χ4v) is 1.30. The van der Waals surface area contributed by atoms with E-state index in [4.69, 9.17) is 25.9 Å². The molecular formula is C14H6F16N2O6S2. The Hall–Kier alpha value is -2.94. The summed E-state index contributed by atoms with van der Waals surface area (Å²) in [4.78, 5) is 0. The number of halogens is 16. The van der Waals surface area contributed by atoms with Crippen molar-refractivity contribution < 1.29 is 108 Å². The molecule has 6 N–H and O–H groups in total. The second-order valence-electron chi connectivity index (χ2n) is 5.90. The van der Waals surface area contributed by atoms with E-state index in [0.29, 0.717) is 0 Å². The number of alkyl halides is 6. The SMILES string of the molecule is O=S(=O)([O-])C(F)(F)F.O=S(=O)([O-])C(F)(F)F.[NH3+]c1c(F)c(F)c(F)c(F)c1F.[NH3+]c1c(F)c(F)c(F)c(F)c1F. The van der Waals surface area contributed by atoms with E-state index < -0.39 is 101 Å². The molecule has 2 aromatic rings. The van der Waals surface area contributed by atoms with Gasteiger partial charge in [0, 0.05) is 0 Å². The minimum atomic E-state index is -6.09. The van der Waals surface area contributed by atoms with Crippen molar-refractivity contribution in [2.45, 2.75) is 11.0 Å². The van der Waals surface area contributed by atoms with Crippen molar-refractivity contribution in [1.82, 2.24) is 0 Å². The Morgan fingerprint density at radius 1 is 0.400 bits per heavy atom. The van der Waals surface area contributed by atoms with Crippen molar-refractivity contribution in [2.75, 3.05) is 0 Å². The maximum atomic E-state index is 12.3. The lowest BCUT2D eigenvalue weighted by molar-refractivity contribution is -0.264. The van der Waals surface area contributed by atoms with E-state index in [0.717, 1.165) is 0 Å². The second kappa shape index (κ2) is 13.6. The van der Waals surface area contributed by atoms with Crippen molar-refractivity contribution in [3.8, 4) is 0 Å². The van der Waals surface area contributed by atoms with Crippen LogP contribution in [-0.2, 0) is 20.2 Å². The van der Waals surface area contributed by atoms with Gasteiger partial charge in [-0.05, 0) is 0 Å². The van der Waals surface area contributed by atoms with Gasteiger partial charge in [-0.1, -0.05) is 0 Å². The smallest absolute Gasteiger partial charge is 0.485 e. The predicted molar refractivity (Wildman–Crippen MR) is 89.1 cm³/mol. The monoisotopic (exact) mass is 666 g/mol. The summed E-state index contributed by atoms with van der Waals surface area (Å²) in [6.07, 6.45) is 0. The zero-order valence-electron chi connectivity index (χ0n) is 17.7. The Labute approximate surface area is 209 Å². The summed E-state index contributed by atoms with van der Waals surface area (Å²) in [6.45, 7) is 0. The quantitative estimate of drug-likeness (QED) is 0.144. The van der Waals surface area contributed by atoms with E-state index in [2.05, 4.69) is 11.5 Å². The average Bonchev–Trinajstić information content (AvgIpc) is 2.80. The van der Waals surface area contributed by atoms with Crippen LogP contribution in [0, 0.1) is 58.2 Å². The van der Waals surface area contributed by atoms with Crippen LogP contribution < -0.4 is 11.5 Å². The van der Waals surface area contributed by atoms with Crippen LogP contribution >= 0.6 is 0 Å². The fraction of sp³-hybridized carbons (Fsp3) is 0.143. The summed E-state index contributed by atoms with van der Waals surface area (Å²) in [6, 6.07) is 0. The van der Waals surface area contributed by atoms with Crippen LogP contribution in [0.3, 0.4) is 0 Å². The highest BCUT2D eigenvalue weighted by atomic mass is 32.2. The van der Waals surface area contributed by atoms with E-state index in [9.17, 15) is 70.2 Å². The summed E-state index contributed by atoms with van der Waals surface area (Å²) in [5, 5.41) is 0. The number of hydrogen-bond donors (Lipinski definition) is 2. The van der Waals surface area contributed by atoms with Gasteiger partial charge in [0.05, 0.1) is 0 Å². The average molecular weight is 666 g/mol. The lowest BCUT2D eigenvalue weighted by Gasteiger charge is -2.08. The molecule has 0 radical (unpaired) electrons. The Bertz CT molecular complexity index is 1120. The third kappa shape index (κ3) is 10.2. The third-order valence-electron chi connectivity index (χ3n) is 3.17. The molecule has 0 saturated carbocycles. The van der Waals surface area contributed by atoms with E-state index in [1.54, 1.807) is 0 Å². The molecule has 40 heavy (non-hydrogen) atoms. The summed E-state index contributed by atoms with van der Waals surface area (Å²) in [5.41, 5.74) is -8.16. The molecule has 26 heteroatoms. The molecule has 0 aromatic heterocycles. The molecule has 0 aliphatic heterocycles. The number of hydrogen-bond acceptors (Lipinski definition) is 6. The van der Waals surface area contributed by atoms with Gasteiger partial charge in [0.25, 0.3) is 0 Å². The number of rotatable bonds is 0. The number of quaternary nitrogens is 2. The highest BCUT2D eigenvalue weighted by Crippen LogP contribution is 2.24. The highest BCUT2D eigenvalue weighted by molar-refractivity contribution is 7.86. The van der Waals surface area contributed by atoms with Gasteiger partial charge in [0.15, 0.2) is 20.2 Å². The van der Waals surface area contributed by atoms with Crippen molar-refractivity contribution >= 4 is 31.6 Å². The molecule has 232 valence electrons. The molecule has 0 heterocycles. The maximum Gasteiger partial charge on any atom is 0.485 e. The molecule has 2 rings (SSSR count). The Morgan fingerprint density at radius 3 is 0.600 bits per heavy atom. The lowest BCUT2D eigenvalue weighted by atomic mass is 10.2. The van der Waals surface area contributed by atoms with E-state index in [1.165, 1.54) is 0 Å². The van der Waals surface area contributed by atoms with Gasteiger partial charge in [0.1, 0.15) is 0 Å². The molecule has 0 atom stereocenters. The first-order valence-electron chi connectivity index (χ1n) is 8.14. The molecular weight excluding hydrogens is 660 g/mol. The van der Waals surface area contributed by atoms with Gasteiger partial charge in [0.2, 0.25) is 69.5 Å². The lowest BCUT2D eigenvalue weighted by Crippen LogP contribution is -2.43. The maximum absolute atomic E-state index is 12.3. The van der Waals surface area contributed by atoms with Crippen molar-refractivity contribution in [3.05, 3.63) is 58.2 Å². The molecule has 2 aromatic carbocycles. The van der Waals surface area contributed by atoms with E-state index in [1.807, 2.05) is 0 Å². The third-order valence-corrected chi connectivity index (χ3v) is 4.30. The molecule has 8 nitrogen and oxygen atoms in total. The van der Waals surface area contributed by atoms with Gasteiger partial charge >= 0.3 is 11.0 Å². The van der Waals surface area contributed by atoms with Crippen LogP contribution in [-0.4, -0.2) is 37.0 Å². The molecule has 0 bridgehead atoms. The molecule has 0 spiro atoms. The summed E-state index contributed by atoms with van der Waals surface area (Å²) < 4.78 is 240. The molecule has 0 aliphatic carbocycles. The summed E-state index contributed by atoms with van der Waals surface area (Å²) in [5.74, 6) is -19.8. The fourth-order valence-electron chi connectivity index (χ4n) is 1.30. The van der Waals surface area contributed by atoms with Gasteiger partial charge in [-0.2, -0.15) is 43.9 Å². The van der Waals surface area contributed by atoms with E-state index in [-0.39, 0.29) is 0 Å². The zero-order valence-corrected chi connectivity index (χ0v) is 19.4. The summed E-state index contributed by atoms with van der Waals surface area (Å²) in [7, 11) is -12.2. The standard InChI is InChI=1S/2C6H2F5N.2CHF3O3S/c2*7-1-2(8)4(10)6(12)5(11)3(1)9;2*2-1(3,4)8(5,6)7/h2*12H2;2*(H,5,6,7).